The second-order valence-corrected chi connectivity index (χ2v) is 24.5. The molecule has 40 heavy (non-hydrogen) atoms. The Kier molecular flexibility index (Phi) is 8.74. The van der Waals surface area contributed by atoms with E-state index in [9.17, 15) is 5.11 Å². The highest BCUT2D eigenvalue weighted by atomic mass is 28.4. The predicted octanol–water partition coefficient (Wildman–Crippen LogP) is 10.3. The fourth-order valence-electron chi connectivity index (χ4n) is 4.79. The highest BCUT2D eigenvalue weighted by molar-refractivity contribution is 6.75. The second kappa shape index (κ2) is 10.8. The van der Waals surface area contributed by atoms with Gasteiger partial charge in [0.05, 0.1) is 17.2 Å². The smallest absolute Gasteiger partial charge is 0.250 e. The van der Waals surface area contributed by atoms with Crippen LogP contribution in [-0.4, -0.2) is 27.3 Å². The van der Waals surface area contributed by atoms with Crippen molar-refractivity contribution < 1.29 is 14.0 Å². The van der Waals surface area contributed by atoms with Crippen molar-refractivity contribution in [2.45, 2.75) is 117 Å². The maximum Gasteiger partial charge on any atom is 0.250 e. The third-order valence-corrected chi connectivity index (χ3v) is 17.7. The molecule has 0 aromatic heterocycles. The van der Waals surface area contributed by atoms with Crippen LogP contribution in [0.2, 0.25) is 36.3 Å². The van der Waals surface area contributed by atoms with Crippen molar-refractivity contribution in [2.24, 2.45) is 0 Å². The van der Waals surface area contributed by atoms with Crippen molar-refractivity contribution in [1.82, 2.24) is 0 Å². The number of nitrogens with one attached hydrogen (secondary N) is 1. The summed E-state index contributed by atoms with van der Waals surface area (Å²) in [5.41, 5.74) is 5.81. The minimum Gasteiger partial charge on any atom is -0.543 e. The molecule has 1 aliphatic rings. The van der Waals surface area contributed by atoms with E-state index in [1.165, 1.54) is 0 Å². The zero-order valence-corrected chi connectivity index (χ0v) is 29.3. The summed E-state index contributed by atoms with van der Waals surface area (Å²) in [6.07, 6.45) is 3.76. The Morgan fingerprint density at radius 3 is 1.85 bits per heavy atom. The molecule has 0 bridgehead atoms. The van der Waals surface area contributed by atoms with Crippen LogP contribution in [0.25, 0.3) is 16.7 Å². The van der Waals surface area contributed by atoms with Gasteiger partial charge in [-0.1, -0.05) is 65.8 Å². The van der Waals surface area contributed by atoms with E-state index in [0.717, 1.165) is 45.0 Å². The molecule has 0 unspecified atom stereocenters. The lowest BCUT2D eigenvalue weighted by molar-refractivity contribution is 0.182. The van der Waals surface area contributed by atoms with Crippen LogP contribution in [0.5, 0.6) is 11.5 Å². The zero-order valence-electron chi connectivity index (χ0n) is 27.3. The maximum atomic E-state index is 11.7. The molecule has 2 aromatic carbocycles. The molecule has 0 saturated heterocycles. The average Bonchev–Trinajstić information content (AvgIpc) is 2.76. The molecule has 1 aliphatic heterocycles. The molecule has 220 valence electrons. The molecule has 0 aliphatic carbocycles. The van der Waals surface area contributed by atoms with Crippen LogP contribution in [-0.2, 0) is 0 Å². The number of hydrogen-bond donors (Lipinski definition) is 2. The van der Waals surface area contributed by atoms with E-state index in [4.69, 9.17) is 8.85 Å². The molecule has 1 atom stereocenters. The molecule has 1 heterocycles. The van der Waals surface area contributed by atoms with E-state index in [-0.39, 0.29) is 15.6 Å². The van der Waals surface area contributed by atoms with E-state index in [1.807, 2.05) is 6.07 Å². The maximum absolute atomic E-state index is 11.7. The van der Waals surface area contributed by atoms with Gasteiger partial charge in [-0.2, -0.15) is 0 Å². The number of aliphatic hydroxyl groups excluding tert-OH is 1. The second-order valence-electron chi connectivity index (χ2n) is 15.0. The van der Waals surface area contributed by atoms with Crippen LogP contribution in [0.15, 0.2) is 49.1 Å². The molecular formula is C34H53NO3Si2. The standard InChI is InChI=1S/C34H53NO3Si2/c1-15-17-26(36)30-24(20-21-25-29(30)23(2)22-34(9,10)35-25)31-27(37-39(11,12)32(3,4)5)18-16-19-28(31)38-40(13,14)33(6,7)8/h15-16,18-22,26,35-36H,1,17H2,2-14H3/t26-/m1/s1. The van der Waals surface area contributed by atoms with Crippen molar-refractivity contribution in [2.75, 3.05) is 5.32 Å². The molecule has 0 fully saturated rings. The van der Waals surface area contributed by atoms with Gasteiger partial charge in [-0.25, -0.2) is 0 Å². The van der Waals surface area contributed by atoms with Gasteiger partial charge in [-0.3, -0.25) is 0 Å². The largest absolute Gasteiger partial charge is 0.543 e. The summed E-state index contributed by atoms with van der Waals surface area (Å²) in [5.74, 6) is 1.64. The van der Waals surface area contributed by atoms with Gasteiger partial charge in [0.1, 0.15) is 11.5 Å². The van der Waals surface area contributed by atoms with Crippen LogP contribution < -0.4 is 14.2 Å². The molecular weight excluding hydrogens is 527 g/mol. The number of benzene rings is 2. The number of aliphatic hydroxyl groups is 1. The third-order valence-electron chi connectivity index (χ3n) is 9.00. The number of anilines is 1. The first kappa shape index (κ1) is 32.2. The van der Waals surface area contributed by atoms with Crippen molar-refractivity contribution >= 4 is 27.9 Å². The van der Waals surface area contributed by atoms with Crippen LogP contribution in [0.3, 0.4) is 0 Å². The van der Waals surface area contributed by atoms with Crippen LogP contribution in [0.4, 0.5) is 5.69 Å². The summed E-state index contributed by atoms with van der Waals surface area (Å²) in [4.78, 5) is 0. The summed E-state index contributed by atoms with van der Waals surface area (Å²) in [5, 5.41) is 15.4. The van der Waals surface area contributed by atoms with E-state index >= 15 is 0 Å². The summed E-state index contributed by atoms with van der Waals surface area (Å²) in [6, 6.07) is 10.5. The van der Waals surface area contributed by atoms with Crippen LogP contribution >= 0.6 is 0 Å². The molecule has 2 N–H and O–H groups in total. The summed E-state index contributed by atoms with van der Waals surface area (Å²) in [6.45, 7) is 33.1. The van der Waals surface area contributed by atoms with E-state index in [2.05, 4.69) is 131 Å². The summed E-state index contributed by atoms with van der Waals surface area (Å²) >= 11 is 0. The number of fused-ring (bicyclic) bond motifs is 1. The summed E-state index contributed by atoms with van der Waals surface area (Å²) in [7, 11) is -4.39. The van der Waals surface area contributed by atoms with Crippen molar-refractivity contribution in [3.8, 4) is 22.6 Å². The van der Waals surface area contributed by atoms with Crippen molar-refractivity contribution in [1.29, 1.82) is 0 Å². The molecule has 6 heteroatoms. The van der Waals surface area contributed by atoms with Gasteiger partial charge in [-0.15, -0.1) is 6.58 Å². The Labute approximate surface area is 246 Å². The first-order valence-corrected chi connectivity index (χ1v) is 20.4. The number of allylic oxidation sites excluding steroid dienone is 1. The highest BCUT2D eigenvalue weighted by Crippen LogP contribution is 2.51. The first-order chi connectivity index (χ1) is 18.1. The quantitative estimate of drug-likeness (QED) is 0.241. The predicted molar refractivity (Wildman–Crippen MR) is 179 cm³/mol. The molecule has 0 amide bonds. The van der Waals surface area contributed by atoms with Gasteiger partial charge in [0.2, 0.25) is 0 Å². The van der Waals surface area contributed by atoms with E-state index < -0.39 is 22.7 Å². The van der Waals surface area contributed by atoms with Gasteiger partial charge in [0.15, 0.2) is 0 Å². The van der Waals surface area contributed by atoms with Gasteiger partial charge >= 0.3 is 0 Å². The topological polar surface area (TPSA) is 50.7 Å². The number of rotatable bonds is 8. The molecule has 3 rings (SSSR count). The Balaban J connectivity index is 2.43. The molecule has 0 radical (unpaired) electrons. The lowest BCUT2D eigenvalue weighted by atomic mass is 9.82. The lowest BCUT2D eigenvalue weighted by Gasteiger charge is -2.40. The van der Waals surface area contributed by atoms with Crippen LogP contribution in [0, 0.1) is 0 Å². The fraction of sp³-hybridized carbons (Fsp3) is 0.529. The Morgan fingerprint density at radius 2 is 1.40 bits per heavy atom. The van der Waals surface area contributed by atoms with Gasteiger partial charge in [0.25, 0.3) is 16.6 Å². The number of hydrogen-bond acceptors (Lipinski definition) is 4. The Morgan fingerprint density at radius 1 is 0.900 bits per heavy atom. The van der Waals surface area contributed by atoms with Crippen LogP contribution in [0.1, 0.15) is 86.0 Å². The lowest BCUT2D eigenvalue weighted by Crippen LogP contribution is -2.44. The molecule has 2 aromatic rings. The summed E-state index contributed by atoms with van der Waals surface area (Å²) < 4.78 is 14.1. The normalized spacial score (nSPS) is 16.4. The first-order valence-electron chi connectivity index (χ1n) is 14.6. The zero-order chi connectivity index (χ0) is 30.5. The highest BCUT2D eigenvalue weighted by Gasteiger charge is 2.42. The van der Waals surface area contributed by atoms with Gasteiger partial charge in [-0.05, 0) is 98.4 Å². The third kappa shape index (κ3) is 6.45. The molecule has 0 saturated carbocycles. The fourth-order valence-corrected chi connectivity index (χ4v) is 6.84. The van der Waals surface area contributed by atoms with E-state index in [1.54, 1.807) is 6.08 Å². The van der Waals surface area contributed by atoms with Gasteiger partial charge in [0, 0.05) is 11.3 Å². The molecule has 0 spiro atoms. The van der Waals surface area contributed by atoms with Crippen molar-refractivity contribution in [3.63, 3.8) is 0 Å². The Bertz CT molecular complexity index is 1250. The minimum atomic E-state index is -2.20. The average molecular weight is 580 g/mol. The van der Waals surface area contributed by atoms with Gasteiger partial charge < -0.3 is 19.3 Å². The SMILES string of the molecule is C=CC[C@@H](O)c1c(-c2c(O[Si](C)(C)C(C)(C)C)cccc2O[Si](C)(C)C(C)(C)C)ccc2c1C(C)=CC(C)(C)N2. The Hall–Kier alpha value is -2.29. The monoisotopic (exact) mass is 579 g/mol. The molecule has 4 nitrogen and oxygen atoms in total. The van der Waals surface area contributed by atoms with Crippen molar-refractivity contribution in [3.05, 3.63) is 60.2 Å². The van der Waals surface area contributed by atoms with E-state index in [0.29, 0.717) is 6.42 Å². The minimum absolute atomic E-state index is 0.0242.